The molecule has 7 heteroatoms. The van der Waals surface area contributed by atoms with Crippen LogP contribution in [0.1, 0.15) is 42.1 Å². The maximum absolute atomic E-state index is 13.6. The van der Waals surface area contributed by atoms with Crippen LogP contribution in [0.5, 0.6) is 5.75 Å². The number of ether oxygens (including phenoxy) is 1. The molecule has 1 fully saturated rings. The van der Waals surface area contributed by atoms with Gasteiger partial charge in [0.1, 0.15) is 5.75 Å². The fraction of sp³-hybridized carbons (Fsp3) is 0.481. The number of fused-ring (bicyclic) bond motifs is 4. The number of pyridine rings is 1. The van der Waals surface area contributed by atoms with Crippen molar-refractivity contribution in [3.05, 3.63) is 69.6 Å². The lowest BCUT2D eigenvalue weighted by molar-refractivity contribution is -0.135. The fourth-order valence-corrected chi connectivity index (χ4v) is 6.21. The third-order valence-corrected chi connectivity index (χ3v) is 7.83. The van der Waals surface area contributed by atoms with Crippen molar-refractivity contribution in [2.24, 2.45) is 11.8 Å². The van der Waals surface area contributed by atoms with Gasteiger partial charge in [-0.2, -0.15) is 0 Å². The highest BCUT2D eigenvalue weighted by molar-refractivity contribution is 5.80. The van der Waals surface area contributed by atoms with Crippen LogP contribution in [0, 0.1) is 11.8 Å². The second kappa shape index (κ2) is 9.04. The predicted octanol–water partition coefficient (Wildman–Crippen LogP) is 2.68. The van der Waals surface area contributed by atoms with Crippen molar-refractivity contribution in [1.82, 2.24) is 14.4 Å². The van der Waals surface area contributed by atoms with E-state index in [4.69, 9.17) is 4.74 Å². The number of rotatable bonds is 6. The van der Waals surface area contributed by atoms with E-state index in [1.807, 2.05) is 41.0 Å². The third kappa shape index (κ3) is 3.58. The molecule has 1 N–H and O–H groups in total. The Balaban J connectivity index is 1.63. The van der Waals surface area contributed by atoms with E-state index in [9.17, 15) is 14.7 Å². The topological polar surface area (TPSA) is 75.0 Å². The molecule has 1 aromatic heterocycles. The van der Waals surface area contributed by atoms with Crippen LogP contribution < -0.4 is 10.3 Å². The molecule has 3 aliphatic rings. The quantitative estimate of drug-likeness (QED) is 0.713. The highest BCUT2D eigenvalue weighted by Gasteiger charge is 2.56. The molecule has 1 aliphatic carbocycles. The van der Waals surface area contributed by atoms with Gasteiger partial charge in [-0.3, -0.25) is 14.5 Å². The molecule has 7 nitrogen and oxygen atoms in total. The van der Waals surface area contributed by atoms with E-state index in [0.29, 0.717) is 13.1 Å². The van der Waals surface area contributed by atoms with Crippen LogP contribution >= 0.6 is 0 Å². The summed E-state index contributed by atoms with van der Waals surface area (Å²) >= 11 is 0. The number of carbonyl (C=O) groups excluding carboxylic acids is 1. The van der Waals surface area contributed by atoms with Gasteiger partial charge in [0.15, 0.2) is 0 Å². The molecule has 0 spiro atoms. The van der Waals surface area contributed by atoms with Gasteiger partial charge in [-0.25, -0.2) is 0 Å². The average Bonchev–Trinajstić information content (AvgIpc) is 3.43. The minimum absolute atomic E-state index is 0.0138. The highest BCUT2D eigenvalue weighted by Crippen LogP contribution is 2.50. The molecular formula is C27H33N3O4. The maximum Gasteiger partial charge on any atom is 0.258 e. The van der Waals surface area contributed by atoms with Crippen LogP contribution in [-0.4, -0.2) is 59.2 Å². The number of methoxy groups -OCH3 is 1. The highest BCUT2D eigenvalue weighted by atomic mass is 16.5. The molecule has 4 atom stereocenters. The summed E-state index contributed by atoms with van der Waals surface area (Å²) < 4.78 is 7.46. The van der Waals surface area contributed by atoms with E-state index in [1.54, 1.807) is 26.1 Å². The predicted molar refractivity (Wildman–Crippen MR) is 130 cm³/mol. The Morgan fingerprint density at radius 2 is 2.00 bits per heavy atom. The molecule has 1 saturated heterocycles. The normalized spacial score (nSPS) is 25.7. The number of aliphatic hydroxyl groups excluding tert-OH is 1. The summed E-state index contributed by atoms with van der Waals surface area (Å²) in [6.45, 7) is 0.937. The van der Waals surface area contributed by atoms with Gasteiger partial charge >= 0.3 is 0 Å². The van der Waals surface area contributed by atoms with E-state index in [-0.39, 0.29) is 36.1 Å². The van der Waals surface area contributed by atoms with Crippen molar-refractivity contribution in [2.75, 3.05) is 27.8 Å². The molecule has 1 aromatic carbocycles. The molecule has 0 saturated carbocycles. The van der Waals surface area contributed by atoms with Gasteiger partial charge in [0.25, 0.3) is 5.56 Å². The van der Waals surface area contributed by atoms with Gasteiger partial charge in [-0.05, 0) is 43.0 Å². The minimum Gasteiger partial charge on any atom is -0.496 e. The van der Waals surface area contributed by atoms with E-state index >= 15 is 0 Å². The molecule has 2 aromatic rings. The number of nitrogens with zero attached hydrogens (tertiary/aromatic N) is 3. The van der Waals surface area contributed by atoms with E-state index in [0.717, 1.165) is 47.4 Å². The van der Waals surface area contributed by atoms with E-state index in [2.05, 4.69) is 11.0 Å². The van der Waals surface area contributed by atoms with Gasteiger partial charge in [0.2, 0.25) is 5.91 Å². The zero-order valence-corrected chi connectivity index (χ0v) is 20.1. The first kappa shape index (κ1) is 22.9. The average molecular weight is 464 g/mol. The van der Waals surface area contributed by atoms with Gasteiger partial charge in [-0.1, -0.05) is 24.3 Å². The SMILES string of the molecule is COc1ccccc1CN1[C@@H]2c3ccc(C4=CCCC4)c(=O)n3C[C@H]1[C@H](CO)[C@H]2C(=O)N(C)C. The van der Waals surface area contributed by atoms with Crippen LogP contribution in [0.3, 0.4) is 0 Å². The first-order valence-corrected chi connectivity index (χ1v) is 12.1. The van der Waals surface area contributed by atoms with Crippen LogP contribution in [0.4, 0.5) is 0 Å². The van der Waals surface area contributed by atoms with Crippen molar-refractivity contribution in [3.63, 3.8) is 0 Å². The van der Waals surface area contributed by atoms with E-state index in [1.165, 1.54) is 0 Å². The fourth-order valence-electron chi connectivity index (χ4n) is 6.21. The molecule has 5 rings (SSSR count). The van der Waals surface area contributed by atoms with Crippen LogP contribution in [-0.2, 0) is 17.9 Å². The molecule has 34 heavy (non-hydrogen) atoms. The van der Waals surface area contributed by atoms with Gasteiger partial charge in [0.05, 0.1) is 19.1 Å². The zero-order valence-electron chi connectivity index (χ0n) is 20.1. The smallest absolute Gasteiger partial charge is 0.258 e. The standard InChI is InChI=1S/C27H33N3O4/c1-28(2)27(33)24-20(16-31)22-15-30-21(13-12-19(26(30)32)17-8-4-5-9-17)25(24)29(22)14-18-10-6-7-11-23(18)34-3/h6-8,10-13,20,22,24-25,31H,4-5,9,14-16H2,1-3H3/t20-,22-,24+,25+/m0/s1. The summed E-state index contributed by atoms with van der Waals surface area (Å²) in [5, 5.41) is 10.5. The monoisotopic (exact) mass is 463 g/mol. The summed E-state index contributed by atoms with van der Waals surface area (Å²) in [6.07, 6.45) is 5.20. The molecule has 1 amide bonds. The number of aromatic nitrogens is 1. The Kier molecular flexibility index (Phi) is 6.08. The number of aliphatic hydroxyl groups is 1. The van der Waals surface area contributed by atoms with Crippen molar-refractivity contribution >= 4 is 11.5 Å². The number of benzene rings is 1. The number of hydrogen-bond donors (Lipinski definition) is 1. The molecule has 2 aliphatic heterocycles. The Hall–Kier alpha value is -2.90. The Labute approximate surface area is 200 Å². The van der Waals surface area contributed by atoms with Crippen molar-refractivity contribution in [2.45, 2.75) is 44.4 Å². The molecule has 3 heterocycles. The van der Waals surface area contributed by atoms with Crippen LogP contribution in [0.25, 0.3) is 5.57 Å². The lowest BCUT2D eigenvalue weighted by atomic mass is 9.86. The Morgan fingerprint density at radius 3 is 2.68 bits per heavy atom. The third-order valence-electron chi connectivity index (χ3n) is 7.83. The maximum atomic E-state index is 13.6. The minimum atomic E-state index is -0.426. The summed E-state index contributed by atoms with van der Waals surface area (Å²) in [7, 11) is 5.17. The van der Waals surface area contributed by atoms with E-state index < -0.39 is 5.92 Å². The second-order valence-electron chi connectivity index (χ2n) is 9.81. The Morgan fingerprint density at radius 1 is 1.21 bits per heavy atom. The molecule has 2 bridgehead atoms. The van der Waals surface area contributed by atoms with Crippen molar-refractivity contribution < 1.29 is 14.6 Å². The second-order valence-corrected chi connectivity index (χ2v) is 9.81. The largest absolute Gasteiger partial charge is 0.496 e. The first-order chi connectivity index (χ1) is 16.5. The van der Waals surface area contributed by atoms with Gasteiger partial charge in [-0.15, -0.1) is 0 Å². The molecule has 180 valence electrons. The van der Waals surface area contributed by atoms with Gasteiger partial charge in [0, 0.05) is 62.6 Å². The molecular weight excluding hydrogens is 430 g/mol. The molecule has 0 radical (unpaired) electrons. The number of carbonyl (C=O) groups is 1. The summed E-state index contributed by atoms with van der Waals surface area (Å²) in [4.78, 5) is 30.9. The van der Waals surface area contributed by atoms with Crippen molar-refractivity contribution in [3.8, 4) is 5.75 Å². The number of amides is 1. The lowest BCUT2D eigenvalue weighted by Gasteiger charge is -2.38. The summed E-state index contributed by atoms with van der Waals surface area (Å²) in [5.74, 6) is 0.0944. The van der Waals surface area contributed by atoms with Gasteiger partial charge < -0.3 is 19.3 Å². The lowest BCUT2D eigenvalue weighted by Crippen LogP contribution is -2.46. The van der Waals surface area contributed by atoms with Crippen LogP contribution in [0.2, 0.25) is 0 Å². The Bertz CT molecular complexity index is 1180. The first-order valence-electron chi connectivity index (χ1n) is 12.1. The van der Waals surface area contributed by atoms with Crippen molar-refractivity contribution in [1.29, 1.82) is 0 Å². The van der Waals surface area contributed by atoms with Crippen LogP contribution in [0.15, 0.2) is 47.3 Å². The number of para-hydroxylation sites is 1. The molecule has 0 unspecified atom stereocenters. The summed E-state index contributed by atoms with van der Waals surface area (Å²) in [6, 6.07) is 11.4. The number of allylic oxidation sites excluding steroid dienone is 2. The summed E-state index contributed by atoms with van der Waals surface area (Å²) in [5.41, 5.74) is 3.80. The zero-order chi connectivity index (χ0) is 24.0. The number of hydrogen-bond acceptors (Lipinski definition) is 5.